The molecule has 9 heteroatoms. The molecule has 21 heavy (non-hydrogen) atoms. The third-order valence-electron chi connectivity index (χ3n) is 2.52. The molecule has 0 unspecified atom stereocenters. The Morgan fingerprint density at radius 1 is 1.33 bits per heavy atom. The van der Waals surface area contributed by atoms with Crippen molar-refractivity contribution >= 4 is 33.7 Å². The van der Waals surface area contributed by atoms with E-state index in [4.69, 9.17) is 0 Å². The molecule has 0 aliphatic carbocycles. The lowest BCUT2D eigenvalue weighted by atomic mass is 10.3. The number of aromatic hydroxyl groups is 1. The number of aromatic nitrogens is 3. The summed E-state index contributed by atoms with van der Waals surface area (Å²) in [6, 6.07) is 3.55. The van der Waals surface area contributed by atoms with E-state index in [1.807, 2.05) is 5.38 Å². The van der Waals surface area contributed by atoms with E-state index >= 15 is 0 Å². The number of nitrogens with zero attached hydrogens (tertiary/aromatic N) is 2. The molecule has 3 aromatic heterocycles. The minimum absolute atomic E-state index is 0.233. The molecule has 3 rings (SSSR count). The van der Waals surface area contributed by atoms with Crippen LogP contribution in [0.3, 0.4) is 0 Å². The smallest absolute Gasteiger partial charge is 0.294 e. The van der Waals surface area contributed by atoms with Crippen LogP contribution in [0.1, 0.15) is 10.5 Å². The summed E-state index contributed by atoms with van der Waals surface area (Å²) >= 11 is 2.58. The van der Waals surface area contributed by atoms with Gasteiger partial charge in [-0.2, -0.15) is 0 Å². The summed E-state index contributed by atoms with van der Waals surface area (Å²) in [6.45, 7) is 0. The largest absolute Gasteiger partial charge is 0.501 e. The summed E-state index contributed by atoms with van der Waals surface area (Å²) < 4.78 is 0. The lowest BCUT2D eigenvalue weighted by Crippen LogP contribution is -2.20. The van der Waals surface area contributed by atoms with E-state index in [9.17, 15) is 14.7 Å². The molecular weight excluding hydrogens is 312 g/mol. The van der Waals surface area contributed by atoms with Gasteiger partial charge in [-0.15, -0.1) is 22.7 Å². The highest BCUT2D eigenvalue weighted by Crippen LogP contribution is 2.22. The van der Waals surface area contributed by atoms with Crippen molar-refractivity contribution in [2.24, 2.45) is 0 Å². The fourth-order valence-electron chi connectivity index (χ4n) is 1.60. The van der Waals surface area contributed by atoms with Gasteiger partial charge in [0.1, 0.15) is 0 Å². The Kier molecular flexibility index (Phi) is 3.50. The van der Waals surface area contributed by atoms with Crippen LogP contribution < -0.4 is 10.9 Å². The Morgan fingerprint density at radius 2 is 2.19 bits per heavy atom. The van der Waals surface area contributed by atoms with Crippen LogP contribution in [0.15, 0.2) is 33.9 Å². The molecule has 3 heterocycles. The van der Waals surface area contributed by atoms with Crippen LogP contribution in [0, 0.1) is 0 Å². The Labute approximate surface area is 126 Å². The molecule has 0 aromatic carbocycles. The highest BCUT2D eigenvalue weighted by Gasteiger charge is 2.19. The molecule has 0 saturated heterocycles. The number of carbonyl (C=O) groups is 1. The van der Waals surface area contributed by atoms with Crippen molar-refractivity contribution in [3.63, 3.8) is 0 Å². The Bertz CT molecular complexity index is 825. The van der Waals surface area contributed by atoms with Crippen molar-refractivity contribution < 1.29 is 9.90 Å². The molecule has 0 saturated carbocycles. The van der Waals surface area contributed by atoms with E-state index in [1.165, 1.54) is 28.9 Å². The van der Waals surface area contributed by atoms with Crippen molar-refractivity contribution in [2.75, 3.05) is 5.32 Å². The lowest BCUT2D eigenvalue weighted by molar-refractivity contribution is 0.101. The van der Waals surface area contributed by atoms with Gasteiger partial charge in [-0.3, -0.25) is 14.9 Å². The molecule has 0 spiro atoms. The van der Waals surface area contributed by atoms with Gasteiger partial charge in [0.15, 0.2) is 16.6 Å². The number of H-pyrrole nitrogens is 1. The van der Waals surface area contributed by atoms with Crippen LogP contribution in [0.4, 0.5) is 5.13 Å². The number of rotatable bonds is 3. The van der Waals surface area contributed by atoms with Crippen molar-refractivity contribution in [2.45, 2.75) is 0 Å². The molecule has 0 aliphatic heterocycles. The average molecular weight is 320 g/mol. The van der Waals surface area contributed by atoms with Gasteiger partial charge in [0.2, 0.25) is 5.75 Å². The minimum atomic E-state index is -0.766. The summed E-state index contributed by atoms with van der Waals surface area (Å²) in [5, 5.41) is 16.1. The number of anilines is 1. The van der Waals surface area contributed by atoms with Gasteiger partial charge in [0.25, 0.3) is 11.5 Å². The average Bonchev–Trinajstić information content (AvgIpc) is 3.14. The number of amides is 1. The van der Waals surface area contributed by atoms with Crippen molar-refractivity contribution in [3.8, 4) is 16.5 Å². The van der Waals surface area contributed by atoms with Crippen LogP contribution in [0.5, 0.6) is 5.75 Å². The van der Waals surface area contributed by atoms with Gasteiger partial charge in [-0.05, 0) is 11.4 Å². The monoisotopic (exact) mass is 320 g/mol. The number of aromatic amines is 1. The molecule has 0 fully saturated rings. The van der Waals surface area contributed by atoms with E-state index in [-0.39, 0.29) is 11.5 Å². The first-order valence-electron chi connectivity index (χ1n) is 5.73. The number of thiophene rings is 1. The number of thiazole rings is 1. The van der Waals surface area contributed by atoms with E-state index in [0.717, 1.165) is 0 Å². The van der Waals surface area contributed by atoms with Crippen molar-refractivity contribution in [1.29, 1.82) is 0 Å². The zero-order chi connectivity index (χ0) is 14.8. The molecule has 0 bridgehead atoms. The van der Waals surface area contributed by atoms with Crippen LogP contribution in [0.25, 0.3) is 10.7 Å². The third kappa shape index (κ3) is 2.69. The molecule has 1 amide bonds. The predicted octanol–water partition coefficient (Wildman–Crippen LogP) is 1.91. The first kappa shape index (κ1) is 13.5. The number of nitrogens with one attached hydrogen (secondary N) is 2. The molecule has 0 radical (unpaired) electrons. The fourth-order valence-corrected chi connectivity index (χ4v) is 2.79. The van der Waals surface area contributed by atoms with Gasteiger partial charge in [-0.1, -0.05) is 6.07 Å². The molecule has 3 aromatic rings. The summed E-state index contributed by atoms with van der Waals surface area (Å²) in [5.41, 5.74) is -1.10. The summed E-state index contributed by atoms with van der Waals surface area (Å²) in [5.74, 6) is -1.17. The molecule has 3 N–H and O–H groups in total. The van der Waals surface area contributed by atoms with Gasteiger partial charge in [-0.25, -0.2) is 9.97 Å². The molecule has 7 nitrogen and oxygen atoms in total. The highest BCUT2D eigenvalue weighted by atomic mass is 32.1. The quantitative estimate of drug-likeness (QED) is 0.683. The topological polar surface area (TPSA) is 108 Å². The van der Waals surface area contributed by atoms with Crippen LogP contribution in [0.2, 0.25) is 0 Å². The SMILES string of the molecule is O=C(Nc1nccs1)c1nc(-c2cccs2)[nH]c(=O)c1O. The van der Waals surface area contributed by atoms with Gasteiger partial charge < -0.3 is 10.1 Å². The lowest BCUT2D eigenvalue weighted by Gasteiger charge is -2.05. The Hall–Kier alpha value is -2.52. The van der Waals surface area contributed by atoms with Gasteiger partial charge in [0.05, 0.1) is 4.88 Å². The normalized spacial score (nSPS) is 10.5. The Balaban J connectivity index is 2.01. The van der Waals surface area contributed by atoms with Crippen molar-refractivity contribution in [3.05, 3.63) is 45.1 Å². The van der Waals surface area contributed by atoms with Crippen LogP contribution >= 0.6 is 22.7 Å². The maximum absolute atomic E-state index is 12.1. The molecule has 0 aliphatic rings. The second kappa shape index (κ2) is 5.46. The minimum Gasteiger partial charge on any atom is -0.501 e. The molecular formula is C12H8N4O3S2. The number of hydrogen-bond acceptors (Lipinski definition) is 7. The number of carbonyl (C=O) groups excluding carboxylic acids is 1. The van der Waals surface area contributed by atoms with Gasteiger partial charge in [0, 0.05) is 11.6 Å². The zero-order valence-corrected chi connectivity index (χ0v) is 12.0. The van der Waals surface area contributed by atoms with Gasteiger partial charge >= 0.3 is 0 Å². The molecule has 106 valence electrons. The number of hydrogen-bond donors (Lipinski definition) is 3. The standard InChI is InChI=1S/C12H8N4O3S2/c17-8-7(10(18)16-12-13-3-5-21-12)14-9(15-11(8)19)6-2-1-4-20-6/h1-5,17H,(H,13,16,18)(H,14,15,19). The predicted molar refractivity (Wildman–Crippen MR) is 79.9 cm³/mol. The zero-order valence-electron chi connectivity index (χ0n) is 10.4. The second-order valence-corrected chi connectivity index (χ2v) is 5.72. The molecule has 0 atom stereocenters. The maximum Gasteiger partial charge on any atom is 0.294 e. The second-order valence-electron chi connectivity index (χ2n) is 3.88. The first-order chi connectivity index (χ1) is 10.1. The van der Waals surface area contributed by atoms with Crippen LogP contribution in [-0.2, 0) is 0 Å². The Morgan fingerprint density at radius 3 is 2.86 bits per heavy atom. The summed E-state index contributed by atoms with van der Waals surface area (Å²) in [6.07, 6.45) is 1.53. The van der Waals surface area contributed by atoms with Crippen molar-refractivity contribution in [1.82, 2.24) is 15.0 Å². The maximum atomic E-state index is 12.1. The summed E-state index contributed by atoms with van der Waals surface area (Å²) in [4.78, 5) is 34.9. The van der Waals surface area contributed by atoms with E-state index in [2.05, 4.69) is 20.3 Å². The fraction of sp³-hybridized carbons (Fsp3) is 0. The third-order valence-corrected chi connectivity index (χ3v) is 4.08. The van der Waals surface area contributed by atoms with Crippen LogP contribution in [-0.4, -0.2) is 26.0 Å². The van der Waals surface area contributed by atoms with E-state index < -0.39 is 17.2 Å². The first-order valence-corrected chi connectivity index (χ1v) is 7.49. The van der Waals surface area contributed by atoms with E-state index in [0.29, 0.717) is 10.0 Å². The summed E-state index contributed by atoms with van der Waals surface area (Å²) in [7, 11) is 0. The van der Waals surface area contributed by atoms with E-state index in [1.54, 1.807) is 17.5 Å². The highest BCUT2D eigenvalue weighted by molar-refractivity contribution is 7.14.